The Bertz CT molecular complexity index is 579. The van der Waals surface area contributed by atoms with Crippen molar-refractivity contribution in [1.82, 2.24) is 15.2 Å². The first-order valence-electron chi connectivity index (χ1n) is 9.11. The third-order valence-electron chi connectivity index (χ3n) is 5.16. The van der Waals surface area contributed by atoms with Gasteiger partial charge in [-0.2, -0.15) is 0 Å². The Labute approximate surface area is 147 Å². The van der Waals surface area contributed by atoms with E-state index >= 15 is 0 Å². The molecule has 3 rings (SSSR count). The summed E-state index contributed by atoms with van der Waals surface area (Å²) in [6.07, 6.45) is 8.32. The molecule has 1 aliphatic heterocycles. The molecule has 0 unspecified atom stereocenters. The van der Waals surface area contributed by atoms with Gasteiger partial charge in [0.2, 0.25) is 11.8 Å². The number of amides is 2. The van der Waals surface area contributed by atoms with Gasteiger partial charge in [-0.3, -0.25) is 9.59 Å². The molecular formula is C18H27N3O2S. The summed E-state index contributed by atoms with van der Waals surface area (Å²) in [6, 6.07) is 0.345. The first kappa shape index (κ1) is 17.4. The molecule has 5 nitrogen and oxygen atoms in total. The highest BCUT2D eigenvalue weighted by atomic mass is 32.1. The van der Waals surface area contributed by atoms with E-state index in [1.807, 2.05) is 17.2 Å². The Morgan fingerprint density at radius 1 is 1.29 bits per heavy atom. The van der Waals surface area contributed by atoms with Gasteiger partial charge in [-0.05, 0) is 26.2 Å². The summed E-state index contributed by atoms with van der Waals surface area (Å²) in [6.45, 7) is 3.04. The molecule has 1 aromatic heterocycles. The van der Waals surface area contributed by atoms with Gasteiger partial charge in [-0.25, -0.2) is 4.98 Å². The lowest BCUT2D eigenvalue weighted by Gasteiger charge is -2.37. The van der Waals surface area contributed by atoms with Gasteiger partial charge < -0.3 is 10.2 Å². The molecular weight excluding hydrogens is 322 g/mol. The van der Waals surface area contributed by atoms with Crippen LogP contribution in [0.15, 0.2) is 5.38 Å². The van der Waals surface area contributed by atoms with Gasteiger partial charge in [0, 0.05) is 30.1 Å². The van der Waals surface area contributed by atoms with Gasteiger partial charge in [-0.1, -0.05) is 25.7 Å². The van der Waals surface area contributed by atoms with Crippen LogP contribution in [0.25, 0.3) is 0 Å². The van der Waals surface area contributed by atoms with Crippen molar-refractivity contribution in [2.45, 2.75) is 70.9 Å². The molecule has 0 bridgehead atoms. The molecule has 1 aliphatic carbocycles. The number of rotatable bonds is 4. The van der Waals surface area contributed by atoms with Gasteiger partial charge in [0.1, 0.15) is 5.01 Å². The van der Waals surface area contributed by atoms with Gasteiger partial charge in [0.05, 0.1) is 12.5 Å². The lowest BCUT2D eigenvalue weighted by atomic mass is 9.93. The molecule has 2 fully saturated rings. The Morgan fingerprint density at radius 3 is 2.71 bits per heavy atom. The quantitative estimate of drug-likeness (QED) is 0.850. The maximum Gasteiger partial charge on any atom is 0.225 e. The molecule has 2 amide bonds. The summed E-state index contributed by atoms with van der Waals surface area (Å²) in [5.74, 6) is 0.225. The number of aryl methyl sites for hydroxylation is 1. The van der Waals surface area contributed by atoms with Crippen molar-refractivity contribution >= 4 is 23.2 Å². The number of aromatic nitrogens is 1. The number of hydrogen-bond acceptors (Lipinski definition) is 4. The lowest BCUT2D eigenvalue weighted by molar-refractivity contribution is -0.141. The first-order chi connectivity index (χ1) is 11.6. The second-order valence-corrected chi connectivity index (χ2v) is 7.97. The minimum atomic E-state index is -0.0768. The minimum Gasteiger partial charge on any atom is -0.349 e. The number of hydrogen-bond donors (Lipinski definition) is 1. The summed E-state index contributed by atoms with van der Waals surface area (Å²) >= 11 is 1.57. The van der Waals surface area contributed by atoms with E-state index in [4.69, 9.17) is 0 Å². The predicted octanol–water partition coefficient (Wildman–Crippen LogP) is 3.03. The van der Waals surface area contributed by atoms with Crippen LogP contribution in [0.4, 0.5) is 0 Å². The summed E-state index contributed by atoms with van der Waals surface area (Å²) in [5.41, 5.74) is 0.993. The third kappa shape index (κ3) is 4.35. The molecule has 1 atom stereocenters. The third-order valence-corrected chi connectivity index (χ3v) is 6.13. The zero-order valence-corrected chi connectivity index (χ0v) is 15.2. The van der Waals surface area contributed by atoms with Crippen LogP contribution in [0.3, 0.4) is 0 Å². The van der Waals surface area contributed by atoms with Gasteiger partial charge >= 0.3 is 0 Å². The number of likely N-dealkylation sites (tertiary alicyclic amines) is 1. The van der Waals surface area contributed by atoms with Crippen molar-refractivity contribution in [3.05, 3.63) is 16.1 Å². The van der Waals surface area contributed by atoms with Crippen LogP contribution in [0, 0.1) is 12.8 Å². The van der Waals surface area contributed by atoms with E-state index in [0.29, 0.717) is 32.0 Å². The average molecular weight is 350 g/mol. The predicted molar refractivity (Wildman–Crippen MR) is 94.6 cm³/mol. The van der Waals surface area contributed by atoms with Crippen LogP contribution in [0.2, 0.25) is 0 Å². The fraction of sp³-hybridized carbons (Fsp3) is 0.722. The van der Waals surface area contributed by atoms with E-state index in [2.05, 4.69) is 10.3 Å². The standard InChI is InChI=1S/C18H27N3O2S/c1-13-12-24-16(20-13)10-19-18(23)14-8-9-17(22)21(11-14)15-6-4-2-3-5-7-15/h12,14-15H,2-11H2,1H3,(H,19,23)/t14-/m0/s1. The van der Waals surface area contributed by atoms with Gasteiger partial charge in [0.15, 0.2) is 0 Å². The van der Waals surface area contributed by atoms with Crippen molar-refractivity contribution in [1.29, 1.82) is 0 Å². The van der Waals surface area contributed by atoms with Crippen LogP contribution >= 0.6 is 11.3 Å². The molecule has 0 radical (unpaired) electrons. The zero-order chi connectivity index (χ0) is 16.9. The van der Waals surface area contributed by atoms with E-state index in [1.165, 1.54) is 25.7 Å². The maximum atomic E-state index is 12.5. The Kier molecular flexibility index (Phi) is 5.87. The molecule has 1 aromatic rings. The topological polar surface area (TPSA) is 62.3 Å². The molecule has 24 heavy (non-hydrogen) atoms. The number of thiazole rings is 1. The molecule has 0 spiro atoms. The van der Waals surface area contributed by atoms with Crippen LogP contribution in [0.5, 0.6) is 0 Å². The molecule has 6 heteroatoms. The van der Waals surface area contributed by atoms with E-state index in [-0.39, 0.29) is 17.7 Å². The van der Waals surface area contributed by atoms with E-state index in [9.17, 15) is 9.59 Å². The summed E-state index contributed by atoms with van der Waals surface area (Å²) < 4.78 is 0. The molecule has 132 valence electrons. The van der Waals surface area contributed by atoms with Crippen molar-refractivity contribution in [2.75, 3.05) is 6.54 Å². The Hall–Kier alpha value is -1.43. The fourth-order valence-corrected chi connectivity index (χ4v) is 4.51. The zero-order valence-electron chi connectivity index (χ0n) is 14.4. The average Bonchev–Trinajstić information content (AvgIpc) is 2.83. The van der Waals surface area contributed by atoms with Crippen LogP contribution in [0.1, 0.15) is 62.1 Å². The maximum absolute atomic E-state index is 12.5. The summed E-state index contributed by atoms with van der Waals surface area (Å²) in [7, 11) is 0. The fourth-order valence-electron chi connectivity index (χ4n) is 3.80. The van der Waals surface area contributed by atoms with Gasteiger partial charge in [-0.15, -0.1) is 11.3 Å². The number of nitrogens with zero attached hydrogens (tertiary/aromatic N) is 2. The highest BCUT2D eigenvalue weighted by Gasteiger charge is 2.34. The van der Waals surface area contributed by atoms with Crippen LogP contribution < -0.4 is 5.32 Å². The number of nitrogens with one attached hydrogen (secondary N) is 1. The van der Waals surface area contributed by atoms with E-state index in [0.717, 1.165) is 23.5 Å². The SMILES string of the molecule is Cc1csc(CNC(=O)[C@H]2CCC(=O)N(C3CCCCCC3)C2)n1. The molecule has 2 heterocycles. The summed E-state index contributed by atoms with van der Waals surface area (Å²) in [5, 5.41) is 5.94. The smallest absolute Gasteiger partial charge is 0.225 e. The van der Waals surface area contributed by atoms with Crippen molar-refractivity contribution in [3.8, 4) is 0 Å². The number of carbonyl (C=O) groups is 2. The van der Waals surface area contributed by atoms with Crippen LogP contribution in [-0.4, -0.2) is 34.3 Å². The largest absolute Gasteiger partial charge is 0.349 e. The summed E-state index contributed by atoms with van der Waals surface area (Å²) in [4.78, 5) is 31.2. The Balaban J connectivity index is 1.55. The van der Waals surface area contributed by atoms with E-state index < -0.39 is 0 Å². The normalized spacial score (nSPS) is 23.1. The molecule has 1 N–H and O–H groups in total. The highest BCUT2D eigenvalue weighted by molar-refractivity contribution is 7.09. The monoisotopic (exact) mass is 349 g/mol. The molecule has 0 aromatic carbocycles. The second kappa shape index (κ2) is 8.10. The molecule has 2 aliphatic rings. The molecule has 1 saturated heterocycles. The van der Waals surface area contributed by atoms with Crippen molar-refractivity contribution < 1.29 is 9.59 Å². The van der Waals surface area contributed by atoms with Crippen molar-refractivity contribution in [3.63, 3.8) is 0 Å². The highest BCUT2D eigenvalue weighted by Crippen LogP contribution is 2.27. The second-order valence-electron chi connectivity index (χ2n) is 7.03. The lowest BCUT2D eigenvalue weighted by Crippen LogP contribution is -2.49. The van der Waals surface area contributed by atoms with Gasteiger partial charge in [0.25, 0.3) is 0 Å². The minimum absolute atomic E-state index is 0.0639. The van der Waals surface area contributed by atoms with Crippen molar-refractivity contribution in [2.24, 2.45) is 5.92 Å². The number of piperidine rings is 1. The van der Waals surface area contributed by atoms with Crippen LogP contribution in [-0.2, 0) is 16.1 Å². The first-order valence-corrected chi connectivity index (χ1v) is 9.99. The molecule has 1 saturated carbocycles. The Morgan fingerprint density at radius 2 is 2.04 bits per heavy atom. The van der Waals surface area contributed by atoms with E-state index in [1.54, 1.807) is 11.3 Å². The number of carbonyl (C=O) groups excluding carboxylic acids is 2.